The molecule has 21 heavy (non-hydrogen) atoms. The van der Waals surface area contributed by atoms with Crippen LogP contribution < -0.4 is 4.74 Å². The van der Waals surface area contributed by atoms with Gasteiger partial charge < -0.3 is 4.74 Å². The normalized spacial score (nSPS) is 13.4. The zero-order valence-electron chi connectivity index (χ0n) is 14.3. The summed E-state index contributed by atoms with van der Waals surface area (Å²) >= 11 is 0. The Morgan fingerprint density at radius 2 is 1.52 bits per heavy atom. The van der Waals surface area contributed by atoms with E-state index in [-0.39, 0.29) is 17.3 Å². The molecule has 0 atom stereocenters. The van der Waals surface area contributed by atoms with Gasteiger partial charge in [-0.05, 0) is 22.5 Å². The molecule has 1 aromatic rings. The van der Waals surface area contributed by atoms with E-state index in [4.69, 9.17) is 4.74 Å². The van der Waals surface area contributed by atoms with Crippen LogP contribution in [0.15, 0.2) is 18.2 Å². The fourth-order valence-electron chi connectivity index (χ4n) is 2.34. The number of halogens is 2. The van der Waals surface area contributed by atoms with Crippen molar-refractivity contribution in [2.24, 2.45) is 0 Å². The molecule has 1 nitrogen and oxygen atoms in total. The second kappa shape index (κ2) is 5.94. The van der Waals surface area contributed by atoms with E-state index in [1.807, 2.05) is 6.07 Å². The van der Waals surface area contributed by atoms with Gasteiger partial charge in [0.2, 0.25) is 0 Å². The SMILES string of the molecule is CCC(F)(F)COc1cccc(C(C)(C)C)c1C(C)(C)C. The van der Waals surface area contributed by atoms with Crippen LogP contribution in [0.5, 0.6) is 5.75 Å². The van der Waals surface area contributed by atoms with E-state index in [0.717, 1.165) is 11.1 Å². The lowest BCUT2D eigenvalue weighted by atomic mass is 9.75. The molecular weight excluding hydrogens is 270 g/mol. The van der Waals surface area contributed by atoms with Gasteiger partial charge in [0.25, 0.3) is 5.92 Å². The lowest BCUT2D eigenvalue weighted by Gasteiger charge is -2.32. The summed E-state index contributed by atoms with van der Waals surface area (Å²) in [6, 6.07) is 5.74. The fourth-order valence-corrected chi connectivity index (χ4v) is 2.34. The van der Waals surface area contributed by atoms with E-state index < -0.39 is 12.5 Å². The van der Waals surface area contributed by atoms with E-state index in [0.29, 0.717) is 5.75 Å². The van der Waals surface area contributed by atoms with Crippen molar-refractivity contribution < 1.29 is 13.5 Å². The monoisotopic (exact) mass is 298 g/mol. The maximum atomic E-state index is 13.5. The second-order valence-electron chi connectivity index (χ2n) is 7.68. The van der Waals surface area contributed by atoms with Crippen LogP contribution in [0.2, 0.25) is 0 Å². The molecule has 0 saturated heterocycles. The summed E-state index contributed by atoms with van der Waals surface area (Å²) in [5.41, 5.74) is 1.94. The second-order valence-corrected chi connectivity index (χ2v) is 7.68. The number of ether oxygens (including phenoxy) is 1. The number of alkyl halides is 2. The quantitative estimate of drug-likeness (QED) is 0.692. The van der Waals surface area contributed by atoms with Gasteiger partial charge in [-0.3, -0.25) is 0 Å². The Bertz CT molecular complexity index is 479. The number of hydrogen-bond acceptors (Lipinski definition) is 1. The van der Waals surface area contributed by atoms with Gasteiger partial charge in [0.1, 0.15) is 5.75 Å². The van der Waals surface area contributed by atoms with E-state index >= 15 is 0 Å². The summed E-state index contributed by atoms with van der Waals surface area (Å²) in [6.07, 6.45) is -0.211. The smallest absolute Gasteiger partial charge is 0.281 e. The zero-order chi connectivity index (χ0) is 16.5. The van der Waals surface area contributed by atoms with Crippen LogP contribution in [0.4, 0.5) is 8.78 Å². The van der Waals surface area contributed by atoms with Crippen LogP contribution in [0.1, 0.15) is 66.0 Å². The average molecular weight is 298 g/mol. The van der Waals surface area contributed by atoms with Crippen molar-refractivity contribution in [1.82, 2.24) is 0 Å². The molecule has 0 N–H and O–H groups in total. The van der Waals surface area contributed by atoms with Crippen LogP contribution >= 0.6 is 0 Å². The topological polar surface area (TPSA) is 9.23 Å². The van der Waals surface area contributed by atoms with Crippen LogP contribution in [-0.4, -0.2) is 12.5 Å². The van der Waals surface area contributed by atoms with Crippen molar-refractivity contribution >= 4 is 0 Å². The summed E-state index contributed by atoms with van der Waals surface area (Å²) in [4.78, 5) is 0. The van der Waals surface area contributed by atoms with Crippen molar-refractivity contribution in [3.8, 4) is 5.75 Å². The van der Waals surface area contributed by atoms with Gasteiger partial charge in [0.05, 0.1) is 0 Å². The van der Waals surface area contributed by atoms with Crippen molar-refractivity contribution in [1.29, 1.82) is 0 Å². The predicted molar refractivity (Wildman–Crippen MR) is 84.6 cm³/mol. The maximum absolute atomic E-state index is 13.5. The predicted octanol–water partition coefficient (Wildman–Crippen LogP) is 5.71. The molecule has 0 aliphatic carbocycles. The summed E-state index contributed by atoms with van der Waals surface area (Å²) in [5.74, 6) is -2.21. The van der Waals surface area contributed by atoms with E-state index in [2.05, 4.69) is 47.6 Å². The first-order valence-electron chi connectivity index (χ1n) is 7.53. The highest BCUT2D eigenvalue weighted by atomic mass is 19.3. The molecule has 0 heterocycles. The molecule has 0 bridgehead atoms. The van der Waals surface area contributed by atoms with Gasteiger partial charge >= 0.3 is 0 Å². The summed E-state index contributed by atoms with van der Waals surface area (Å²) < 4.78 is 32.5. The first kappa shape index (κ1) is 17.9. The minimum Gasteiger partial charge on any atom is -0.487 e. The highest BCUT2D eigenvalue weighted by Crippen LogP contribution is 2.40. The minimum atomic E-state index is -2.78. The van der Waals surface area contributed by atoms with Gasteiger partial charge in [-0.1, -0.05) is 60.6 Å². The Balaban J connectivity index is 3.27. The lowest BCUT2D eigenvalue weighted by Crippen LogP contribution is -2.27. The van der Waals surface area contributed by atoms with Gasteiger partial charge in [-0.25, -0.2) is 8.78 Å². The number of hydrogen-bond donors (Lipinski definition) is 0. The van der Waals surface area contributed by atoms with Gasteiger partial charge in [-0.2, -0.15) is 0 Å². The molecular formula is C18H28F2O. The first-order valence-corrected chi connectivity index (χ1v) is 7.53. The molecule has 0 unspecified atom stereocenters. The fraction of sp³-hybridized carbons (Fsp3) is 0.667. The highest BCUT2D eigenvalue weighted by molar-refractivity contribution is 5.47. The minimum absolute atomic E-state index is 0.0603. The number of benzene rings is 1. The maximum Gasteiger partial charge on any atom is 0.281 e. The standard InChI is InChI=1S/C18H28F2O/c1-8-18(19,20)12-21-14-11-9-10-13(16(2,3)4)15(14)17(5,6)7/h9-11H,8,12H2,1-7H3. The molecule has 0 aliphatic rings. The Labute approximate surface area is 127 Å². The van der Waals surface area contributed by atoms with E-state index in [1.165, 1.54) is 6.92 Å². The third-order valence-corrected chi connectivity index (χ3v) is 3.54. The van der Waals surface area contributed by atoms with Gasteiger partial charge in [-0.15, -0.1) is 0 Å². The van der Waals surface area contributed by atoms with Crippen LogP contribution in [0.25, 0.3) is 0 Å². The highest BCUT2D eigenvalue weighted by Gasteiger charge is 2.31. The first-order chi connectivity index (χ1) is 9.38. The Hall–Kier alpha value is -1.12. The molecule has 0 radical (unpaired) electrons. The summed E-state index contributed by atoms with van der Waals surface area (Å²) in [5, 5.41) is 0. The average Bonchev–Trinajstić information content (AvgIpc) is 2.34. The van der Waals surface area contributed by atoms with E-state index in [1.54, 1.807) is 6.07 Å². The third-order valence-electron chi connectivity index (χ3n) is 3.54. The Morgan fingerprint density at radius 1 is 0.952 bits per heavy atom. The molecule has 0 amide bonds. The van der Waals surface area contributed by atoms with Crippen LogP contribution in [0.3, 0.4) is 0 Å². The van der Waals surface area contributed by atoms with Gasteiger partial charge in [0.15, 0.2) is 6.61 Å². The third kappa shape index (κ3) is 4.69. The summed E-state index contributed by atoms with van der Waals surface area (Å²) in [6.45, 7) is 13.5. The van der Waals surface area contributed by atoms with Crippen LogP contribution in [0, 0.1) is 0 Å². The molecule has 0 fully saturated rings. The molecule has 1 aromatic carbocycles. The largest absolute Gasteiger partial charge is 0.487 e. The van der Waals surface area contributed by atoms with Crippen LogP contribution in [-0.2, 0) is 10.8 Å². The van der Waals surface area contributed by atoms with Gasteiger partial charge in [0, 0.05) is 12.0 Å². The Kier molecular flexibility index (Phi) is 5.07. The van der Waals surface area contributed by atoms with Crippen molar-refractivity contribution in [3.05, 3.63) is 29.3 Å². The Morgan fingerprint density at radius 3 is 1.95 bits per heavy atom. The zero-order valence-corrected chi connectivity index (χ0v) is 14.3. The molecule has 120 valence electrons. The molecule has 1 rings (SSSR count). The molecule has 3 heteroatoms. The van der Waals surface area contributed by atoms with Crippen molar-refractivity contribution in [3.63, 3.8) is 0 Å². The van der Waals surface area contributed by atoms with Crippen molar-refractivity contribution in [2.75, 3.05) is 6.61 Å². The molecule has 0 saturated carbocycles. The molecule has 0 spiro atoms. The molecule has 0 aliphatic heterocycles. The van der Waals surface area contributed by atoms with E-state index in [9.17, 15) is 8.78 Å². The summed E-state index contributed by atoms with van der Waals surface area (Å²) in [7, 11) is 0. The lowest BCUT2D eigenvalue weighted by molar-refractivity contribution is -0.0440. The van der Waals surface area contributed by atoms with Crippen molar-refractivity contribution in [2.45, 2.75) is 71.6 Å². The number of rotatable bonds is 4. The molecule has 0 aromatic heterocycles.